The van der Waals surface area contributed by atoms with Crippen molar-refractivity contribution in [2.45, 2.75) is 27.3 Å². The van der Waals surface area contributed by atoms with Gasteiger partial charge in [-0.05, 0) is 5.41 Å². The molecule has 0 fully saturated rings. The molecule has 1 amide bonds. The highest BCUT2D eigenvalue weighted by atomic mass is 16.4. The molecule has 0 saturated carbocycles. The monoisotopic (exact) mass is 253 g/mol. The number of nitrogens with zero attached hydrogens (tertiary/aromatic N) is 2. The van der Waals surface area contributed by atoms with Crippen LogP contribution in [0.4, 0.5) is 0 Å². The first-order valence-electron chi connectivity index (χ1n) is 5.70. The van der Waals surface area contributed by atoms with Gasteiger partial charge in [-0.3, -0.25) is 14.3 Å². The maximum absolute atomic E-state index is 11.9. The zero-order chi connectivity index (χ0) is 13.9. The molecule has 2 N–H and O–H groups in total. The molecule has 0 bridgehead atoms. The van der Waals surface area contributed by atoms with E-state index in [9.17, 15) is 9.59 Å². The molecule has 100 valence electrons. The van der Waals surface area contributed by atoms with E-state index in [4.69, 9.17) is 5.11 Å². The van der Waals surface area contributed by atoms with Gasteiger partial charge in [0, 0.05) is 25.4 Å². The highest BCUT2D eigenvalue weighted by molar-refractivity contribution is 5.97. The quantitative estimate of drug-likeness (QED) is 0.777. The van der Waals surface area contributed by atoms with Crippen molar-refractivity contribution >= 4 is 11.9 Å². The number of hydrogen-bond donors (Lipinski definition) is 2. The van der Waals surface area contributed by atoms with Crippen molar-refractivity contribution in [2.75, 3.05) is 0 Å². The molecule has 1 aromatic heterocycles. The Kier molecular flexibility index (Phi) is 4.11. The van der Waals surface area contributed by atoms with Crippen molar-refractivity contribution in [3.05, 3.63) is 18.0 Å². The number of carbonyl (C=O) groups is 2. The van der Waals surface area contributed by atoms with Gasteiger partial charge in [0.1, 0.15) is 5.92 Å². The number of amides is 1. The summed E-state index contributed by atoms with van der Waals surface area (Å²) in [5, 5.41) is 15.7. The van der Waals surface area contributed by atoms with Crippen molar-refractivity contribution in [1.82, 2.24) is 15.1 Å². The Labute approximate surface area is 106 Å². The normalized spacial score (nSPS) is 13.1. The third-order valence-electron chi connectivity index (χ3n) is 2.60. The van der Waals surface area contributed by atoms with Crippen molar-refractivity contribution < 1.29 is 14.7 Å². The first-order valence-corrected chi connectivity index (χ1v) is 5.70. The van der Waals surface area contributed by atoms with Crippen molar-refractivity contribution in [2.24, 2.45) is 18.4 Å². The Hall–Kier alpha value is -1.85. The van der Waals surface area contributed by atoms with Crippen molar-refractivity contribution in [3.8, 4) is 0 Å². The molecule has 1 unspecified atom stereocenters. The molecule has 1 aromatic rings. The lowest BCUT2D eigenvalue weighted by atomic mass is 9.80. The van der Waals surface area contributed by atoms with Gasteiger partial charge < -0.3 is 10.4 Å². The Morgan fingerprint density at radius 1 is 1.50 bits per heavy atom. The van der Waals surface area contributed by atoms with Gasteiger partial charge in [-0.2, -0.15) is 5.10 Å². The van der Waals surface area contributed by atoms with Gasteiger partial charge >= 0.3 is 5.97 Å². The Morgan fingerprint density at radius 2 is 2.11 bits per heavy atom. The molecule has 0 aromatic carbocycles. The molecule has 1 rings (SSSR count). The molecular formula is C12H19N3O3. The molecule has 6 nitrogen and oxygen atoms in total. The summed E-state index contributed by atoms with van der Waals surface area (Å²) in [6.07, 6.45) is 3.40. The highest BCUT2D eigenvalue weighted by Crippen LogP contribution is 2.26. The summed E-state index contributed by atoms with van der Waals surface area (Å²) in [6.45, 7) is 5.48. The third kappa shape index (κ3) is 3.58. The van der Waals surface area contributed by atoms with Gasteiger partial charge in [0.25, 0.3) is 0 Å². The van der Waals surface area contributed by atoms with Crippen LogP contribution in [0.25, 0.3) is 0 Å². The van der Waals surface area contributed by atoms with Crippen LogP contribution in [0.1, 0.15) is 26.3 Å². The van der Waals surface area contributed by atoms with Gasteiger partial charge in [-0.15, -0.1) is 0 Å². The fraction of sp³-hybridized carbons (Fsp3) is 0.583. The number of carbonyl (C=O) groups excluding carboxylic acids is 1. The molecular weight excluding hydrogens is 234 g/mol. The first kappa shape index (κ1) is 14.2. The number of hydrogen-bond acceptors (Lipinski definition) is 3. The third-order valence-corrected chi connectivity index (χ3v) is 2.60. The molecule has 18 heavy (non-hydrogen) atoms. The molecule has 0 aliphatic heterocycles. The van der Waals surface area contributed by atoms with Crippen LogP contribution in [-0.2, 0) is 23.2 Å². The van der Waals surface area contributed by atoms with Crippen LogP contribution in [0.2, 0.25) is 0 Å². The molecule has 1 heterocycles. The van der Waals surface area contributed by atoms with Crippen molar-refractivity contribution in [3.63, 3.8) is 0 Å². The fourth-order valence-electron chi connectivity index (χ4n) is 1.73. The summed E-state index contributed by atoms with van der Waals surface area (Å²) in [6, 6.07) is 0. The lowest BCUT2D eigenvalue weighted by Crippen LogP contribution is -2.42. The largest absolute Gasteiger partial charge is 0.481 e. The maximum atomic E-state index is 11.9. The molecule has 0 aliphatic rings. The van der Waals surface area contributed by atoms with Gasteiger partial charge in [0.05, 0.1) is 6.20 Å². The van der Waals surface area contributed by atoms with Gasteiger partial charge in [0.15, 0.2) is 0 Å². The van der Waals surface area contributed by atoms with Crippen LogP contribution in [0.3, 0.4) is 0 Å². The van der Waals surface area contributed by atoms with E-state index in [2.05, 4.69) is 10.4 Å². The zero-order valence-corrected chi connectivity index (χ0v) is 11.1. The number of nitrogens with one attached hydrogen (secondary N) is 1. The number of carboxylic acid groups (broad SMARTS) is 1. The SMILES string of the molecule is Cn1cc(CNC(=O)C(C(=O)O)C(C)(C)C)cn1. The second-order valence-corrected chi connectivity index (χ2v) is 5.38. The lowest BCUT2D eigenvalue weighted by molar-refractivity contribution is -0.151. The van der Waals surface area contributed by atoms with E-state index in [0.29, 0.717) is 0 Å². The number of aromatic nitrogens is 2. The summed E-state index contributed by atoms with van der Waals surface area (Å²) in [4.78, 5) is 23.0. The molecule has 0 saturated heterocycles. The summed E-state index contributed by atoms with van der Waals surface area (Å²) in [5.74, 6) is -2.64. The molecule has 0 spiro atoms. The highest BCUT2D eigenvalue weighted by Gasteiger charge is 2.37. The number of aliphatic carboxylic acids is 1. The van der Waals surface area contributed by atoms with E-state index < -0.39 is 23.2 Å². The summed E-state index contributed by atoms with van der Waals surface area (Å²) in [5.41, 5.74) is 0.217. The smallest absolute Gasteiger partial charge is 0.316 e. The van der Waals surface area contributed by atoms with E-state index in [1.165, 1.54) is 0 Å². The minimum atomic E-state index is -1.11. The van der Waals surface area contributed by atoms with Gasteiger partial charge in [-0.25, -0.2) is 0 Å². The second kappa shape index (κ2) is 5.20. The molecule has 0 aliphatic carbocycles. The van der Waals surface area contributed by atoms with Crippen LogP contribution in [0.15, 0.2) is 12.4 Å². The van der Waals surface area contributed by atoms with E-state index in [-0.39, 0.29) is 6.54 Å². The second-order valence-electron chi connectivity index (χ2n) is 5.38. The molecule has 1 atom stereocenters. The summed E-state index contributed by atoms with van der Waals surface area (Å²) in [7, 11) is 1.78. The zero-order valence-electron chi connectivity index (χ0n) is 11.1. The van der Waals surface area contributed by atoms with E-state index >= 15 is 0 Å². The van der Waals surface area contributed by atoms with E-state index in [0.717, 1.165) is 5.56 Å². The Morgan fingerprint density at radius 3 is 2.50 bits per heavy atom. The van der Waals surface area contributed by atoms with Gasteiger partial charge in [0.2, 0.25) is 5.91 Å². The van der Waals surface area contributed by atoms with Crippen LogP contribution in [-0.4, -0.2) is 26.8 Å². The Balaban J connectivity index is 2.66. The topological polar surface area (TPSA) is 84.2 Å². The number of rotatable bonds is 4. The van der Waals surface area contributed by atoms with Crippen LogP contribution in [0, 0.1) is 11.3 Å². The van der Waals surface area contributed by atoms with Crippen LogP contribution >= 0.6 is 0 Å². The lowest BCUT2D eigenvalue weighted by Gasteiger charge is -2.25. The predicted octanol–water partition coefficient (Wildman–Crippen LogP) is 0.783. The summed E-state index contributed by atoms with van der Waals surface area (Å²) < 4.78 is 1.62. The molecule has 6 heteroatoms. The molecule has 0 radical (unpaired) electrons. The standard InChI is InChI=1S/C12H19N3O3/c1-12(2,3)9(11(17)18)10(16)13-5-8-6-14-15(4)7-8/h6-7,9H,5H2,1-4H3,(H,13,16)(H,17,18). The van der Waals surface area contributed by atoms with Crippen LogP contribution in [0.5, 0.6) is 0 Å². The first-order chi connectivity index (χ1) is 8.21. The maximum Gasteiger partial charge on any atom is 0.316 e. The van der Waals surface area contributed by atoms with Crippen LogP contribution < -0.4 is 5.32 Å². The van der Waals surface area contributed by atoms with E-state index in [1.807, 2.05) is 0 Å². The van der Waals surface area contributed by atoms with Gasteiger partial charge in [-0.1, -0.05) is 20.8 Å². The minimum Gasteiger partial charge on any atom is -0.481 e. The minimum absolute atomic E-state index is 0.284. The Bertz CT molecular complexity index is 446. The predicted molar refractivity (Wildman–Crippen MR) is 65.6 cm³/mol. The van der Waals surface area contributed by atoms with Crippen molar-refractivity contribution in [1.29, 1.82) is 0 Å². The number of carboxylic acids is 1. The number of aryl methyl sites for hydroxylation is 1. The average molecular weight is 253 g/mol. The summed E-state index contributed by atoms with van der Waals surface area (Å²) >= 11 is 0. The fourth-order valence-corrected chi connectivity index (χ4v) is 1.73. The van der Waals surface area contributed by atoms with E-state index in [1.54, 1.807) is 44.9 Å². The average Bonchev–Trinajstić information content (AvgIpc) is 2.58.